The van der Waals surface area contributed by atoms with Gasteiger partial charge in [-0.3, -0.25) is 0 Å². The Bertz CT molecular complexity index is 468. The summed E-state index contributed by atoms with van der Waals surface area (Å²) in [5.74, 6) is 0. The average molecular weight is 264 g/mol. The van der Waals surface area contributed by atoms with Gasteiger partial charge >= 0.3 is 0 Å². The molecule has 0 bridgehead atoms. The molecule has 0 saturated carbocycles. The van der Waals surface area contributed by atoms with Gasteiger partial charge in [0.2, 0.25) is 0 Å². The highest BCUT2D eigenvalue weighted by Gasteiger charge is 2.29. The van der Waals surface area contributed by atoms with Crippen molar-refractivity contribution in [1.29, 1.82) is 0 Å². The highest BCUT2D eigenvalue weighted by Crippen LogP contribution is 2.38. The fourth-order valence-electron chi connectivity index (χ4n) is 1.65. The lowest BCUT2D eigenvalue weighted by atomic mass is 10.1. The largest absolute Gasteiger partial charge is 0.298 e. The zero-order valence-corrected chi connectivity index (χ0v) is 10.7. The van der Waals surface area contributed by atoms with Crippen LogP contribution in [-0.2, 0) is 6.42 Å². The van der Waals surface area contributed by atoms with Gasteiger partial charge in [0.05, 0.1) is 0 Å². The lowest BCUT2D eigenvalue weighted by Gasteiger charge is -2.15. The summed E-state index contributed by atoms with van der Waals surface area (Å²) in [7, 11) is 0. The standard InChI is InChI=1S/C15H14F2S/c16-15(17,18-14-9-5-2-6-10-14)12-11-13-7-3-1-4-8-13/h1-10H,11-12H2. The van der Waals surface area contributed by atoms with Crippen LogP contribution in [-0.4, -0.2) is 5.25 Å². The summed E-state index contributed by atoms with van der Waals surface area (Å²) in [5.41, 5.74) is 0.950. The maximum Gasteiger partial charge on any atom is 0.298 e. The third-order valence-electron chi connectivity index (χ3n) is 2.56. The Balaban J connectivity index is 1.91. The Morgan fingerprint density at radius 2 is 1.39 bits per heavy atom. The second-order valence-corrected chi connectivity index (χ2v) is 5.31. The molecular weight excluding hydrogens is 250 g/mol. The van der Waals surface area contributed by atoms with E-state index >= 15 is 0 Å². The number of rotatable bonds is 5. The molecule has 0 nitrogen and oxygen atoms in total. The Morgan fingerprint density at radius 3 is 2.00 bits per heavy atom. The molecule has 3 heteroatoms. The summed E-state index contributed by atoms with van der Waals surface area (Å²) in [4.78, 5) is 0.607. The molecule has 0 saturated heterocycles. The van der Waals surface area contributed by atoms with Gasteiger partial charge in [0.15, 0.2) is 0 Å². The van der Waals surface area contributed by atoms with E-state index in [-0.39, 0.29) is 6.42 Å². The first-order valence-electron chi connectivity index (χ1n) is 5.81. The van der Waals surface area contributed by atoms with Crippen molar-refractivity contribution < 1.29 is 8.78 Å². The summed E-state index contributed by atoms with van der Waals surface area (Å²) in [6.45, 7) is 0. The van der Waals surface area contributed by atoms with Gasteiger partial charge in [-0.1, -0.05) is 60.3 Å². The molecule has 0 aliphatic carbocycles. The minimum Gasteiger partial charge on any atom is -0.194 e. The predicted octanol–water partition coefficient (Wildman–Crippen LogP) is 5.00. The van der Waals surface area contributed by atoms with Crippen LogP contribution in [0.25, 0.3) is 0 Å². The van der Waals surface area contributed by atoms with Gasteiger partial charge in [-0.25, -0.2) is 0 Å². The first-order chi connectivity index (χ1) is 8.66. The molecule has 0 unspecified atom stereocenters. The lowest BCUT2D eigenvalue weighted by Crippen LogP contribution is -2.11. The SMILES string of the molecule is FC(F)(CCc1ccccc1)Sc1ccccc1. The molecule has 18 heavy (non-hydrogen) atoms. The van der Waals surface area contributed by atoms with Crippen LogP contribution in [0.5, 0.6) is 0 Å². The van der Waals surface area contributed by atoms with Gasteiger partial charge in [-0.15, -0.1) is 0 Å². The Hall–Kier alpha value is -1.35. The summed E-state index contributed by atoms with van der Waals surface area (Å²) in [6.07, 6.45) is 0.254. The maximum atomic E-state index is 13.8. The minimum absolute atomic E-state index is 0.142. The molecule has 0 aliphatic rings. The van der Waals surface area contributed by atoms with Gasteiger partial charge in [-0.2, -0.15) is 8.78 Å². The number of benzene rings is 2. The van der Waals surface area contributed by atoms with Gasteiger partial charge in [0.1, 0.15) is 0 Å². The summed E-state index contributed by atoms with van der Waals surface area (Å²) < 4.78 is 27.5. The molecule has 2 aromatic rings. The predicted molar refractivity (Wildman–Crippen MR) is 72.0 cm³/mol. The van der Waals surface area contributed by atoms with Crippen molar-refractivity contribution >= 4 is 11.8 Å². The van der Waals surface area contributed by atoms with Crippen molar-refractivity contribution in [2.45, 2.75) is 23.0 Å². The van der Waals surface area contributed by atoms with E-state index < -0.39 is 5.25 Å². The smallest absolute Gasteiger partial charge is 0.194 e. The number of alkyl halides is 2. The lowest BCUT2D eigenvalue weighted by molar-refractivity contribution is 0.0960. The number of thioether (sulfide) groups is 1. The Labute approximate surface area is 110 Å². The van der Waals surface area contributed by atoms with E-state index in [1.54, 1.807) is 24.3 Å². The Morgan fingerprint density at radius 1 is 0.833 bits per heavy atom. The Kier molecular flexibility index (Phi) is 4.37. The third-order valence-corrected chi connectivity index (χ3v) is 3.57. The zero-order valence-electron chi connectivity index (χ0n) is 9.85. The van der Waals surface area contributed by atoms with Crippen molar-refractivity contribution in [1.82, 2.24) is 0 Å². The van der Waals surface area contributed by atoms with Crippen LogP contribution in [0, 0.1) is 0 Å². The first-order valence-corrected chi connectivity index (χ1v) is 6.63. The molecule has 0 aliphatic heterocycles. The van der Waals surface area contributed by atoms with E-state index in [1.165, 1.54) is 0 Å². The fraction of sp³-hybridized carbons (Fsp3) is 0.200. The third kappa shape index (κ3) is 4.15. The highest BCUT2D eigenvalue weighted by molar-refractivity contribution is 8.00. The molecule has 0 amide bonds. The van der Waals surface area contributed by atoms with Crippen molar-refractivity contribution in [2.75, 3.05) is 0 Å². The van der Waals surface area contributed by atoms with Crippen molar-refractivity contribution in [3.8, 4) is 0 Å². The molecule has 0 N–H and O–H groups in total. The highest BCUT2D eigenvalue weighted by atomic mass is 32.2. The molecule has 94 valence electrons. The van der Waals surface area contributed by atoms with Crippen LogP contribution in [0.4, 0.5) is 8.78 Å². The fourth-order valence-corrected chi connectivity index (χ4v) is 2.49. The van der Waals surface area contributed by atoms with Crippen molar-refractivity contribution in [3.63, 3.8) is 0 Å². The van der Waals surface area contributed by atoms with Crippen LogP contribution in [0.1, 0.15) is 12.0 Å². The molecule has 0 fully saturated rings. The molecule has 2 aromatic carbocycles. The number of aryl methyl sites for hydroxylation is 1. The summed E-state index contributed by atoms with van der Waals surface area (Å²) >= 11 is 0.632. The van der Waals surface area contributed by atoms with E-state index in [4.69, 9.17) is 0 Å². The number of hydrogen-bond donors (Lipinski definition) is 0. The maximum absolute atomic E-state index is 13.8. The summed E-state index contributed by atoms with van der Waals surface area (Å²) in [5, 5.41) is -2.73. The molecular formula is C15H14F2S. The van der Waals surface area contributed by atoms with Crippen LogP contribution >= 0.6 is 11.8 Å². The van der Waals surface area contributed by atoms with Gasteiger partial charge in [-0.05, 0) is 24.1 Å². The van der Waals surface area contributed by atoms with E-state index in [1.807, 2.05) is 36.4 Å². The molecule has 0 atom stereocenters. The zero-order chi connectivity index (χ0) is 12.8. The summed E-state index contributed by atoms with van der Waals surface area (Å²) in [6, 6.07) is 18.2. The van der Waals surface area contributed by atoms with Gasteiger partial charge in [0, 0.05) is 11.3 Å². The van der Waals surface area contributed by atoms with Crippen molar-refractivity contribution in [2.24, 2.45) is 0 Å². The second kappa shape index (κ2) is 6.01. The van der Waals surface area contributed by atoms with Crippen LogP contribution in [0.2, 0.25) is 0 Å². The molecule has 2 rings (SSSR count). The molecule has 0 heterocycles. The van der Waals surface area contributed by atoms with E-state index in [0.29, 0.717) is 23.1 Å². The monoisotopic (exact) mass is 264 g/mol. The normalized spacial score (nSPS) is 11.4. The minimum atomic E-state index is -2.73. The van der Waals surface area contributed by atoms with Crippen LogP contribution in [0.15, 0.2) is 65.6 Å². The molecule has 0 spiro atoms. The molecule has 0 aromatic heterocycles. The number of hydrogen-bond acceptors (Lipinski definition) is 1. The molecule has 0 radical (unpaired) electrons. The average Bonchev–Trinajstić information content (AvgIpc) is 2.38. The topological polar surface area (TPSA) is 0 Å². The van der Waals surface area contributed by atoms with Crippen LogP contribution < -0.4 is 0 Å². The van der Waals surface area contributed by atoms with E-state index in [0.717, 1.165) is 5.56 Å². The van der Waals surface area contributed by atoms with E-state index in [9.17, 15) is 8.78 Å². The number of halogens is 2. The van der Waals surface area contributed by atoms with Gasteiger partial charge in [0.25, 0.3) is 5.25 Å². The van der Waals surface area contributed by atoms with Crippen LogP contribution in [0.3, 0.4) is 0 Å². The quantitative estimate of drug-likeness (QED) is 0.684. The first kappa shape index (κ1) is 13.1. The van der Waals surface area contributed by atoms with Gasteiger partial charge < -0.3 is 0 Å². The second-order valence-electron chi connectivity index (χ2n) is 4.04. The van der Waals surface area contributed by atoms with Crippen molar-refractivity contribution in [3.05, 3.63) is 66.2 Å². The van der Waals surface area contributed by atoms with E-state index in [2.05, 4.69) is 0 Å².